The minimum atomic E-state index is -0.848. The first kappa shape index (κ1) is 15.6. The Morgan fingerprint density at radius 1 is 1.23 bits per heavy atom. The van der Waals surface area contributed by atoms with E-state index in [0.29, 0.717) is 16.6 Å². The summed E-state index contributed by atoms with van der Waals surface area (Å²) in [7, 11) is 0. The fourth-order valence-electron chi connectivity index (χ4n) is 3.38. The highest BCUT2D eigenvalue weighted by atomic mass is 35.5. The second kappa shape index (κ2) is 6.09. The van der Waals surface area contributed by atoms with Gasteiger partial charge >= 0.3 is 5.97 Å². The molecule has 1 saturated carbocycles. The average molecular weight is 342 g/mol. The molecule has 118 valence electrons. The Morgan fingerprint density at radius 3 is 2.55 bits per heavy atom. The van der Waals surface area contributed by atoms with Gasteiger partial charge in [0.15, 0.2) is 0 Å². The molecule has 0 aromatic heterocycles. The van der Waals surface area contributed by atoms with Crippen molar-refractivity contribution in [3.05, 3.63) is 33.8 Å². The molecule has 1 N–H and O–H groups in total. The Labute approximate surface area is 139 Å². The van der Waals surface area contributed by atoms with Gasteiger partial charge in [-0.2, -0.15) is 0 Å². The van der Waals surface area contributed by atoms with Crippen LogP contribution in [0, 0.1) is 5.92 Å². The quantitative estimate of drug-likeness (QED) is 0.910. The maximum Gasteiger partial charge on any atom is 0.305 e. The summed E-state index contributed by atoms with van der Waals surface area (Å²) in [5, 5.41) is 10.1. The van der Waals surface area contributed by atoms with Gasteiger partial charge in [-0.15, -0.1) is 0 Å². The van der Waals surface area contributed by atoms with Gasteiger partial charge in [0, 0.05) is 28.5 Å². The van der Waals surface area contributed by atoms with Crippen LogP contribution in [0.5, 0.6) is 0 Å². The van der Waals surface area contributed by atoms with E-state index in [0.717, 1.165) is 24.8 Å². The van der Waals surface area contributed by atoms with Gasteiger partial charge in [-0.1, -0.05) is 23.2 Å². The molecule has 6 heteroatoms. The molecule has 2 aliphatic rings. The molecule has 4 nitrogen and oxygen atoms in total. The van der Waals surface area contributed by atoms with Crippen molar-refractivity contribution in [1.82, 2.24) is 4.90 Å². The van der Waals surface area contributed by atoms with Crippen molar-refractivity contribution in [3.8, 4) is 0 Å². The second-order valence-electron chi connectivity index (χ2n) is 6.08. The first-order chi connectivity index (χ1) is 10.5. The van der Waals surface area contributed by atoms with Crippen LogP contribution in [0.1, 0.15) is 37.2 Å². The molecule has 3 atom stereocenters. The van der Waals surface area contributed by atoms with Gasteiger partial charge in [-0.25, -0.2) is 0 Å². The Bertz CT molecular complexity index is 599. The first-order valence-corrected chi connectivity index (χ1v) is 8.19. The van der Waals surface area contributed by atoms with Crippen LogP contribution in [0.25, 0.3) is 0 Å². The van der Waals surface area contributed by atoms with Crippen molar-refractivity contribution in [1.29, 1.82) is 0 Å². The number of hydrogen-bond donors (Lipinski definition) is 1. The van der Waals surface area contributed by atoms with Crippen molar-refractivity contribution in [2.75, 3.05) is 6.54 Å². The molecule has 1 amide bonds. The van der Waals surface area contributed by atoms with Gasteiger partial charge in [0.2, 0.25) is 5.91 Å². The summed E-state index contributed by atoms with van der Waals surface area (Å²) in [4.78, 5) is 25.3. The summed E-state index contributed by atoms with van der Waals surface area (Å²) in [6, 6.07) is 5.22. The maximum atomic E-state index is 12.6. The molecule has 2 fully saturated rings. The minimum Gasteiger partial charge on any atom is -0.481 e. The monoisotopic (exact) mass is 341 g/mol. The van der Waals surface area contributed by atoms with Crippen molar-refractivity contribution < 1.29 is 14.7 Å². The van der Waals surface area contributed by atoms with E-state index < -0.39 is 5.97 Å². The SMILES string of the molecule is O=C(O)CC1CCCN1C(=O)C1CC1c1cc(Cl)cc(Cl)c1. The number of hydrogen-bond acceptors (Lipinski definition) is 2. The zero-order chi connectivity index (χ0) is 15.9. The van der Waals surface area contributed by atoms with E-state index >= 15 is 0 Å². The highest BCUT2D eigenvalue weighted by Gasteiger charge is 2.47. The van der Waals surface area contributed by atoms with Gasteiger partial charge in [0.1, 0.15) is 0 Å². The third kappa shape index (κ3) is 3.23. The van der Waals surface area contributed by atoms with Crippen molar-refractivity contribution in [2.24, 2.45) is 5.92 Å². The van der Waals surface area contributed by atoms with Crippen molar-refractivity contribution in [2.45, 2.75) is 37.6 Å². The summed E-state index contributed by atoms with van der Waals surface area (Å²) in [6.45, 7) is 0.663. The number of nitrogens with zero attached hydrogens (tertiary/aromatic N) is 1. The molecule has 0 spiro atoms. The molecule has 1 heterocycles. The topological polar surface area (TPSA) is 57.6 Å². The number of aliphatic carboxylic acids is 1. The number of rotatable bonds is 4. The summed E-state index contributed by atoms with van der Waals surface area (Å²) < 4.78 is 0. The van der Waals surface area contributed by atoms with Crippen molar-refractivity contribution >= 4 is 35.1 Å². The molecule has 3 rings (SSSR count). The van der Waals surface area contributed by atoms with Crippen LogP contribution in [0.2, 0.25) is 10.0 Å². The normalized spacial score (nSPS) is 27.0. The van der Waals surface area contributed by atoms with Crippen molar-refractivity contribution in [3.63, 3.8) is 0 Å². The number of carbonyl (C=O) groups excluding carboxylic acids is 1. The van der Waals surface area contributed by atoms with Crippen LogP contribution in [-0.4, -0.2) is 34.5 Å². The zero-order valence-corrected chi connectivity index (χ0v) is 13.5. The molecular weight excluding hydrogens is 325 g/mol. The molecule has 3 unspecified atom stereocenters. The number of benzene rings is 1. The van der Waals surface area contributed by atoms with Gasteiger partial charge in [-0.05, 0) is 48.9 Å². The zero-order valence-electron chi connectivity index (χ0n) is 12.0. The predicted octanol–water partition coefficient (Wildman–Crippen LogP) is 3.56. The highest BCUT2D eigenvalue weighted by molar-refractivity contribution is 6.34. The lowest BCUT2D eigenvalue weighted by molar-refractivity contribution is -0.140. The summed E-state index contributed by atoms with van der Waals surface area (Å²) in [5.41, 5.74) is 0.991. The van der Waals surface area contributed by atoms with E-state index in [1.165, 1.54) is 0 Å². The lowest BCUT2D eigenvalue weighted by Gasteiger charge is -2.23. The number of carbonyl (C=O) groups is 2. The third-order valence-electron chi connectivity index (χ3n) is 4.49. The fraction of sp³-hybridized carbons (Fsp3) is 0.500. The highest BCUT2D eigenvalue weighted by Crippen LogP contribution is 2.50. The summed E-state index contributed by atoms with van der Waals surface area (Å²) in [6.07, 6.45) is 2.47. The Hall–Kier alpha value is -1.26. The predicted molar refractivity (Wildman–Crippen MR) is 84.3 cm³/mol. The first-order valence-electron chi connectivity index (χ1n) is 7.44. The number of carboxylic acid groups (broad SMARTS) is 1. The van der Waals surface area contributed by atoms with Crippen LogP contribution >= 0.6 is 23.2 Å². The minimum absolute atomic E-state index is 0.0338. The van der Waals surface area contributed by atoms with Crippen LogP contribution in [-0.2, 0) is 9.59 Å². The van der Waals surface area contributed by atoms with E-state index in [1.54, 1.807) is 11.0 Å². The van der Waals surface area contributed by atoms with E-state index in [2.05, 4.69) is 0 Å². The molecule has 0 bridgehead atoms. The third-order valence-corrected chi connectivity index (χ3v) is 4.93. The molecular formula is C16H17Cl2NO3. The number of likely N-dealkylation sites (tertiary alicyclic amines) is 1. The molecule has 1 saturated heterocycles. The van der Waals surface area contributed by atoms with E-state index in [1.807, 2.05) is 12.1 Å². The number of carboxylic acids is 1. The average Bonchev–Trinajstić information content (AvgIpc) is 3.10. The van der Waals surface area contributed by atoms with E-state index in [4.69, 9.17) is 28.3 Å². The number of halogens is 2. The molecule has 0 radical (unpaired) electrons. The molecule has 1 aromatic carbocycles. The Kier molecular flexibility index (Phi) is 4.33. The fourth-order valence-corrected chi connectivity index (χ4v) is 3.92. The maximum absolute atomic E-state index is 12.6. The van der Waals surface area contributed by atoms with E-state index in [-0.39, 0.29) is 30.2 Å². The molecule has 1 aromatic rings. The summed E-state index contributed by atoms with van der Waals surface area (Å²) in [5.74, 6) is -0.692. The molecule has 1 aliphatic carbocycles. The largest absolute Gasteiger partial charge is 0.481 e. The Balaban J connectivity index is 1.68. The summed E-state index contributed by atoms with van der Waals surface area (Å²) >= 11 is 12.0. The smallest absolute Gasteiger partial charge is 0.305 e. The van der Waals surface area contributed by atoms with Gasteiger partial charge < -0.3 is 10.0 Å². The van der Waals surface area contributed by atoms with Crippen LogP contribution in [0.3, 0.4) is 0 Å². The van der Waals surface area contributed by atoms with Crippen LogP contribution < -0.4 is 0 Å². The lowest BCUT2D eigenvalue weighted by atomic mass is 10.1. The second-order valence-corrected chi connectivity index (χ2v) is 6.95. The van der Waals surface area contributed by atoms with Gasteiger partial charge in [0.25, 0.3) is 0 Å². The van der Waals surface area contributed by atoms with Crippen LogP contribution in [0.4, 0.5) is 0 Å². The number of amides is 1. The Morgan fingerprint density at radius 2 is 1.91 bits per heavy atom. The van der Waals surface area contributed by atoms with E-state index in [9.17, 15) is 9.59 Å². The lowest BCUT2D eigenvalue weighted by Crippen LogP contribution is -2.38. The van der Waals surface area contributed by atoms with Crippen LogP contribution in [0.15, 0.2) is 18.2 Å². The van der Waals surface area contributed by atoms with Gasteiger partial charge in [0.05, 0.1) is 6.42 Å². The standard InChI is InChI=1S/C16H17Cl2NO3/c17-10-4-9(5-11(18)6-10)13-8-14(13)16(22)19-3-1-2-12(19)7-15(20)21/h4-6,12-14H,1-3,7-8H2,(H,20,21). The molecule has 1 aliphatic heterocycles. The molecule has 22 heavy (non-hydrogen) atoms. The van der Waals surface area contributed by atoms with Gasteiger partial charge in [-0.3, -0.25) is 9.59 Å².